The van der Waals surface area contributed by atoms with Gasteiger partial charge >= 0.3 is 0 Å². The van der Waals surface area contributed by atoms with Gasteiger partial charge in [0.2, 0.25) is 0 Å². The van der Waals surface area contributed by atoms with Crippen LogP contribution in [0.2, 0.25) is 0 Å². The van der Waals surface area contributed by atoms with E-state index in [9.17, 15) is 13.6 Å². The molecule has 1 heterocycles. The molecule has 5 heteroatoms. The normalized spacial score (nSPS) is 18.4. The minimum absolute atomic E-state index is 0.0977. The highest BCUT2D eigenvalue weighted by molar-refractivity contribution is 6.20. The standard InChI is InChI=1S/C14H16ClF2NO/c1-9(15)10-4-6-18(7-5-10)14(19)11-2-3-12(16)13(17)8-11/h2-3,8-10H,4-7H2,1H3. The lowest BCUT2D eigenvalue weighted by atomic mass is 9.93. The highest BCUT2D eigenvalue weighted by atomic mass is 35.5. The van der Waals surface area contributed by atoms with Gasteiger partial charge in [-0.2, -0.15) is 0 Å². The Balaban J connectivity index is 2.03. The molecule has 1 amide bonds. The second-order valence-electron chi connectivity index (χ2n) is 4.94. The summed E-state index contributed by atoms with van der Waals surface area (Å²) in [4.78, 5) is 13.8. The SMILES string of the molecule is CC(Cl)C1CCN(C(=O)c2ccc(F)c(F)c2)CC1. The Bertz CT molecular complexity index is 471. The largest absolute Gasteiger partial charge is 0.339 e. The summed E-state index contributed by atoms with van der Waals surface area (Å²) < 4.78 is 25.9. The number of amides is 1. The molecule has 1 unspecified atom stereocenters. The Hall–Kier alpha value is -1.16. The first kappa shape index (κ1) is 14.3. The Morgan fingerprint density at radius 3 is 2.47 bits per heavy atom. The van der Waals surface area contributed by atoms with Crippen molar-refractivity contribution in [2.75, 3.05) is 13.1 Å². The van der Waals surface area contributed by atoms with Crippen LogP contribution in [0.5, 0.6) is 0 Å². The summed E-state index contributed by atoms with van der Waals surface area (Å²) in [5.74, 6) is -1.77. The van der Waals surface area contributed by atoms with E-state index >= 15 is 0 Å². The van der Waals surface area contributed by atoms with Crippen LogP contribution < -0.4 is 0 Å². The van der Waals surface area contributed by atoms with Gasteiger partial charge in [0.05, 0.1) is 0 Å². The predicted octanol–water partition coefficient (Wildman–Crippen LogP) is 3.44. The number of piperidine rings is 1. The fraction of sp³-hybridized carbons (Fsp3) is 0.500. The van der Waals surface area contributed by atoms with Gasteiger partial charge in [-0.3, -0.25) is 4.79 Å². The molecule has 0 saturated carbocycles. The molecule has 1 saturated heterocycles. The number of nitrogens with zero attached hydrogens (tertiary/aromatic N) is 1. The predicted molar refractivity (Wildman–Crippen MR) is 70.3 cm³/mol. The molecule has 1 atom stereocenters. The number of halogens is 3. The maximum atomic E-state index is 13.1. The first-order chi connectivity index (χ1) is 8.99. The zero-order chi connectivity index (χ0) is 14.0. The number of rotatable bonds is 2. The third-order valence-electron chi connectivity index (χ3n) is 3.64. The van der Waals surface area contributed by atoms with Crippen molar-refractivity contribution < 1.29 is 13.6 Å². The van der Waals surface area contributed by atoms with Crippen LogP contribution in [0, 0.1) is 17.6 Å². The summed E-state index contributed by atoms with van der Waals surface area (Å²) in [7, 11) is 0. The Labute approximate surface area is 116 Å². The third-order valence-corrected chi connectivity index (χ3v) is 4.00. The molecule has 0 N–H and O–H groups in total. The van der Waals surface area contributed by atoms with Crippen LogP contribution in [0.25, 0.3) is 0 Å². The lowest BCUT2D eigenvalue weighted by Gasteiger charge is -2.33. The van der Waals surface area contributed by atoms with Crippen molar-refractivity contribution in [1.82, 2.24) is 4.90 Å². The van der Waals surface area contributed by atoms with Gasteiger partial charge in [-0.15, -0.1) is 11.6 Å². The van der Waals surface area contributed by atoms with Gasteiger partial charge in [-0.25, -0.2) is 8.78 Å². The first-order valence-corrected chi connectivity index (χ1v) is 6.81. The van der Waals surface area contributed by atoms with Crippen molar-refractivity contribution >= 4 is 17.5 Å². The number of hydrogen-bond donors (Lipinski definition) is 0. The Kier molecular flexibility index (Phi) is 4.40. The molecule has 19 heavy (non-hydrogen) atoms. The molecule has 0 aliphatic carbocycles. The van der Waals surface area contributed by atoms with Crippen LogP contribution in [0.3, 0.4) is 0 Å². The molecule has 0 aromatic heterocycles. The third kappa shape index (κ3) is 3.24. The summed E-state index contributed by atoms with van der Waals surface area (Å²) >= 11 is 6.04. The number of benzene rings is 1. The summed E-state index contributed by atoms with van der Waals surface area (Å²) in [5.41, 5.74) is 0.191. The number of hydrogen-bond acceptors (Lipinski definition) is 1. The van der Waals surface area contributed by atoms with Gasteiger partial charge in [0.25, 0.3) is 5.91 Å². The zero-order valence-corrected chi connectivity index (χ0v) is 11.5. The number of carbonyl (C=O) groups is 1. The van der Waals surface area contributed by atoms with E-state index in [0.717, 1.165) is 25.0 Å². The van der Waals surface area contributed by atoms with Gasteiger partial charge in [-0.1, -0.05) is 0 Å². The van der Waals surface area contributed by atoms with E-state index < -0.39 is 11.6 Å². The van der Waals surface area contributed by atoms with Crippen molar-refractivity contribution in [3.05, 3.63) is 35.4 Å². The van der Waals surface area contributed by atoms with Crippen molar-refractivity contribution in [2.24, 2.45) is 5.92 Å². The summed E-state index contributed by atoms with van der Waals surface area (Å²) in [6, 6.07) is 3.25. The van der Waals surface area contributed by atoms with Crippen LogP contribution in [0.1, 0.15) is 30.1 Å². The lowest BCUT2D eigenvalue weighted by molar-refractivity contribution is 0.0689. The zero-order valence-electron chi connectivity index (χ0n) is 10.7. The molecule has 0 bridgehead atoms. The Morgan fingerprint density at radius 2 is 1.95 bits per heavy atom. The molecule has 0 radical (unpaired) electrons. The molecule has 1 fully saturated rings. The minimum Gasteiger partial charge on any atom is -0.339 e. The molecule has 104 valence electrons. The van der Waals surface area contributed by atoms with Crippen LogP contribution in [0.15, 0.2) is 18.2 Å². The van der Waals surface area contributed by atoms with Crippen LogP contribution in [-0.4, -0.2) is 29.3 Å². The smallest absolute Gasteiger partial charge is 0.253 e. The van der Waals surface area contributed by atoms with Crippen LogP contribution in [0.4, 0.5) is 8.78 Å². The van der Waals surface area contributed by atoms with Crippen LogP contribution in [-0.2, 0) is 0 Å². The molecule has 1 aliphatic rings. The van der Waals surface area contributed by atoms with E-state index in [1.165, 1.54) is 6.07 Å². The molecule has 1 aromatic carbocycles. The molecule has 2 nitrogen and oxygen atoms in total. The first-order valence-electron chi connectivity index (χ1n) is 6.37. The topological polar surface area (TPSA) is 20.3 Å². The molecule has 1 aromatic rings. The van der Waals surface area contributed by atoms with Crippen molar-refractivity contribution in [1.29, 1.82) is 0 Å². The van der Waals surface area contributed by atoms with Gasteiger partial charge in [0.15, 0.2) is 11.6 Å². The monoisotopic (exact) mass is 287 g/mol. The fourth-order valence-corrected chi connectivity index (χ4v) is 2.63. The highest BCUT2D eigenvalue weighted by Gasteiger charge is 2.26. The van der Waals surface area contributed by atoms with Crippen molar-refractivity contribution in [2.45, 2.75) is 25.1 Å². The van der Waals surface area contributed by atoms with E-state index in [2.05, 4.69) is 0 Å². The molecular weight excluding hydrogens is 272 g/mol. The molecular formula is C14H16ClF2NO. The van der Waals surface area contributed by atoms with Crippen LogP contribution >= 0.6 is 11.6 Å². The second-order valence-corrected chi connectivity index (χ2v) is 5.62. The van der Waals surface area contributed by atoms with E-state index in [1.54, 1.807) is 4.90 Å². The summed E-state index contributed by atoms with van der Waals surface area (Å²) in [5, 5.41) is 0.0977. The second kappa shape index (κ2) is 5.87. The van der Waals surface area contributed by atoms with Gasteiger partial charge < -0.3 is 4.90 Å². The average Bonchev–Trinajstić information content (AvgIpc) is 2.41. The van der Waals surface area contributed by atoms with E-state index in [4.69, 9.17) is 11.6 Å². The van der Waals surface area contributed by atoms with E-state index in [-0.39, 0.29) is 16.8 Å². The lowest BCUT2D eigenvalue weighted by Crippen LogP contribution is -2.40. The Morgan fingerprint density at radius 1 is 1.32 bits per heavy atom. The molecule has 2 rings (SSSR count). The van der Waals surface area contributed by atoms with E-state index in [1.807, 2.05) is 6.92 Å². The fourth-order valence-electron chi connectivity index (χ4n) is 2.37. The van der Waals surface area contributed by atoms with Gasteiger partial charge in [0.1, 0.15) is 0 Å². The van der Waals surface area contributed by atoms with Gasteiger partial charge in [-0.05, 0) is 43.9 Å². The molecule has 0 spiro atoms. The number of alkyl halides is 1. The maximum absolute atomic E-state index is 13.1. The number of carbonyl (C=O) groups excluding carboxylic acids is 1. The van der Waals surface area contributed by atoms with Gasteiger partial charge in [0, 0.05) is 24.0 Å². The highest BCUT2D eigenvalue weighted by Crippen LogP contribution is 2.25. The summed E-state index contributed by atoms with van der Waals surface area (Å²) in [6.07, 6.45) is 1.69. The quantitative estimate of drug-likeness (QED) is 0.763. The maximum Gasteiger partial charge on any atom is 0.253 e. The number of likely N-dealkylation sites (tertiary alicyclic amines) is 1. The average molecular weight is 288 g/mol. The summed E-state index contributed by atoms with van der Waals surface area (Å²) in [6.45, 7) is 3.18. The van der Waals surface area contributed by atoms with E-state index in [0.29, 0.717) is 19.0 Å². The van der Waals surface area contributed by atoms with Crippen molar-refractivity contribution in [3.8, 4) is 0 Å². The molecule has 1 aliphatic heterocycles. The van der Waals surface area contributed by atoms with Crippen molar-refractivity contribution in [3.63, 3.8) is 0 Å². The minimum atomic E-state index is -0.991.